The van der Waals surface area contributed by atoms with Gasteiger partial charge >= 0.3 is 11.9 Å². The van der Waals surface area contributed by atoms with Gasteiger partial charge in [0.1, 0.15) is 12.2 Å². The molecule has 0 aromatic heterocycles. The number of methoxy groups -OCH3 is 1. The summed E-state index contributed by atoms with van der Waals surface area (Å²) < 4.78 is 23.8. The van der Waals surface area contributed by atoms with Crippen LogP contribution in [0.25, 0.3) is 0 Å². The SMILES string of the molecule is C(OCC1CO1)C1CO1.C1CC[SiH2]CC1.CCCOC(C)=O.COC(C)=O.O. The third-order valence-electron chi connectivity index (χ3n) is 3.71. The van der Waals surface area contributed by atoms with E-state index in [0.717, 1.165) is 32.8 Å². The Labute approximate surface area is 171 Å². The molecule has 8 nitrogen and oxygen atoms in total. The molecule has 2 unspecified atom stereocenters. The van der Waals surface area contributed by atoms with Crippen LogP contribution in [0.15, 0.2) is 0 Å². The molecule has 0 aromatic rings. The first-order valence-electron chi connectivity index (χ1n) is 9.98. The van der Waals surface area contributed by atoms with Gasteiger partial charge in [-0.05, 0) is 6.42 Å². The fourth-order valence-corrected chi connectivity index (χ4v) is 3.73. The molecule has 3 heterocycles. The van der Waals surface area contributed by atoms with Crippen molar-refractivity contribution < 1.29 is 38.7 Å². The van der Waals surface area contributed by atoms with Crippen molar-refractivity contribution in [2.45, 2.75) is 70.8 Å². The molecule has 0 amide bonds. The zero-order valence-corrected chi connectivity index (χ0v) is 19.4. The van der Waals surface area contributed by atoms with E-state index < -0.39 is 0 Å². The van der Waals surface area contributed by atoms with E-state index in [9.17, 15) is 9.59 Å². The van der Waals surface area contributed by atoms with Crippen LogP contribution in [0, 0.1) is 0 Å². The van der Waals surface area contributed by atoms with E-state index in [1.165, 1.54) is 27.4 Å². The largest absolute Gasteiger partial charge is 0.469 e. The minimum Gasteiger partial charge on any atom is -0.469 e. The second-order valence-corrected chi connectivity index (χ2v) is 8.73. The van der Waals surface area contributed by atoms with E-state index in [2.05, 4.69) is 9.47 Å². The molecule has 9 heteroatoms. The summed E-state index contributed by atoms with van der Waals surface area (Å²) in [6.07, 6.45) is 6.35. The smallest absolute Gasteiger partial charge is 0.302 e. The number of epoxide rings is 2. The molecule has 3 aliphatic heterocycles. The third-order valence-corrected chi connectivity index (χ3v) is 5.71. The van der Waals surface area contributed by atoms with Gasteiger partial charge in [0.15, 0.2) is 0 Å². The molecule has 3 saturated heterocycles. The highest BCUT2D eigenvalue weighted by atomic mass is 28.2. The van der Waals surface area contributed by atoms with Crippen molar-refractivity contribution in [2.24, 2.45) is 0 Å². The molecule has 0 saturated carbocycles. The van der Waals surface area contributed by atoms with Crippen LogP contribution in [-0.4, -0.2) is 79.3 Å². The van der Waals surface area contributed by atoms with Crippen LogP contribution in [0.2, 0.25) is 12.1 Å². The Balaban J connectivity index is 0. The van der Waals surface area contributed by atoms with Crippen LogP contribution in [0.3, 0.4) is 0 Å². The summed E-state index contributed by atoms with van der Waals surface area (Å²) in [5, 5.41) is 0. The third kappa shape index (κ3) is 27.2. The van der Waals surface area contributed by atoms with E-state index >= 15 is 0 Å². The van der Waals surface area contributed by atoms with E-state index in [0.29, 0.717) is 28.3 Å². The van der Waals surface area contributed by atoms with Crippen LogP contribution in [0.1, 0.15) is 46.5 Å². The number of esters is 2. The quantitative estimate of drug-likeness (QED) is 0.358. The lowest BCUT2D eigenvalue weighted by atomic mass is 10.3. The zero-order chi connectivity index (χ0) is 20.3. The first-order valence-corrected chi connectivity index (χ1v) is 12.0. The summed E-state index contributed by atoms with van der Waals surface area (Å²) in [5.41, 5.74) is 0. The summed E-state index contributed by atoms with van der Waals surface area (Å²) in [7, 11) is 1.86. The highest BCUT2D eigenvalue weighted by molar-refractivity contribution is 6.35. The topological polar surface area (TPSA) is 118 Å². The van der Waals surface area contributed by atoms with Crippen molar-refractivity contribution in [3.63, 3.8) is 0 Å². The van der Waals surface area contributed by atoms with Crippen LogP contribution < -0.4 is 0 Å². The Morgan fingerprint density at radius 2 is 1.43 bits per heavy atom. The average molecular weight is 425 g/mol. The van der Waals surface area contributed by atoms with Gasteiger partial charge < -0.3 is 29.2 Å². The number of ether oxygens (including phenoxy) is 5. The molecule has 0 aromatic carbocycles. The first kappa shape index (κ1) is 29.2. The molecule has 168 valence electrons. The van der Waals surface area contributed by atoms with Crippen molar-refractivity contribution in [1.29, 1.82) is 0 Å². The second-order valence-electron chi connectivity index (χ2n) is 6.61. The molecule has 3 aliphatic rings. The fourth-order valence-electron chi connectivity index (χ4n) is 1.97. The number of hydrogen-bond donors (Lipinski definition) is 0. The molecule has 0 bridgehead atoms. The van der Waals surface area contributed by atoms with Crippen molar-refractivity contribution >= 4 is 21.5 Å². The van der Waals surface area contributed by atoms with Crippen LogP contribution in [0.5, 0.6) is 0 Å². The van der Waals surface area contributed by atoms with Gasteiger partial charge in [-0.3, -0.25) is 9.59 Å². The zero-order valence-electron chi connectivity index (χ0n) is 18.0. The van der Waals surface area contributed by atoms with Gasteiger partial charge in [-0.2, -0.15) is 0 Å². The van der Waals surface area contributed by atoms with Crippen molar-refractivity contribution in [3.05, 3.63) is 0 Å². The molecular formula is C19H40O8Si. The summed E-state index contributed by atoms with van der Waals surface area (Å²) in [6.45, 7) is 8.55. The second kappa shape index (κ2) is 20.7. The van der Waals surface area contributed by atoms with Gasteiger partial charge in [-0.25, -0.2) is 0 Å². The van der Waals surface area contributed by atoms with Gasteiger partial charge in [0.25, 0.3) is 0 Å². The maximum absolute atomic E-state index is 9.98. The van der Waals surface area contributed by atoms with Crippen LogP contribution in [0.4, 0.5) is 0 Å². The number of carbonyl (C=O) groups excluding carboxylic acids is 2. The highest BCUT2D eigenvalue weighted by Crippen LogP contribution is 2.12. The predicted molar refractivity (Wildman–Crippen MR) is 111 cm³/mol. The molecule has 0 radical (unpaired) electrons. The normalized spacial score (nSPS) is 20.9. The monoisotopic (exact) mass is 424 g/mol. The predicted octanol–water partition coefficient (Wildman–Crippen LogP) is 1.29. The van der Waals surface area contributed by atoms with Gasteiger partial charge in [0, 0.05) is 23.4 Å². The van der Waals surface area contributed by atoms with Gasteiger partial charge in [0.05, 0.1) is 40.1 Å². The summed E-state index contributed by atoms with van der Waals surface area (Å²) >= 11 is 0. The number of hydrogen-bond acceptors (Lipinski definition) is 7. The lowest BCUT2D eigenvalue weighted by molar-refractivity contribution is -0.141. The molecule has 2 atom stereocenters. The summed E-state index contributed by atoms with van der Waals surface area (Å²) in [6, 6.07) is 3.28. The van der Waals surface area contributed by atoms with Gasteiger partial charge in [0.2, 0.25) is 0 Å². The number of carbonyl (C=O) groups is 2. The van der Waals surface area contributed by atoms with Crippen molar-refractivity contribution in [2.75, 3.05) is 40.1 Å². The van der Waals surface area contributed by atoms with Crippen molar-refractivity contribution in [3.8, 4) is 0 Å². The maximum atomic E-state index is 9.98. The Morgan fingerprint density at radius 3 is 1.61 bits per heavy atom. The first-order chi connectivity index (χ1) is 13.0. The fraction of sp³-hybridized carbons (Fsp3) is 0.895. The molecule has 28 heavy (non-hydrogen) atoms. The van der Waals surface area contributed by atoms with Crippen LogP contribution in [-0.2, 0) is 33.3 Å². The minimum absolute atomic E-state index is 0. The molecule has 3 fully saturated rings. The standard InChI is InChI=1S/C6H10O3.C5H10O2.C5H12Si.C3H6O2.H2O/c1(5-3-8-5)7-2-6-4-9-6;1-3-4-7-5(2)6;1-2-4-6-5-3-1;1-3(4)5-2;/h5-6H,1-4H2;3-4H2,1-2H3;1-6H2;1-2H3;1H2. The molecular weight excluding hydrogens is 384 g/mol. The molecule has 3 rings (SSSR count). The lowest BCUT2D eigenvalue weighted by Crippen LogP contribution is -2.06. The molecule has 0 aliphatic carbocycles. The van der Waals surface area contributed by atoms with E-state index in [-0.39, 0.29) is 17.4 Å². The van der Waals surface area contributed by atoms with Gasteiger partial charge in [-0.1, -0.05) is 38.3 Å². The number of rotatable bonds is 6. The summed E-state index contributed by atoms with van der Waals surface area (Å²) in [4.78, 5) is 19.6. The van der Waals surface area contributed by atoms with E-state index in [4.69, 9.17) is 14.2 Å². The highest BCUT2D eigenvalue weighted by Gasteiger charge is 2.26. The van der Waals surface area contributed by atoms with Gasteiger partial charge in [-0.15, -0.1) is 0 Å². The average Bonchev–Trinajstić information content (AvgIpc) is 3.59. The Hall–Kier alpha value is -1.00. The Kier molecular flexibility index (Phi) is 21.6. The lowest BCUT2D eigenvalue weighted by Gasteiger charge is -2.04. The Morgan fingerprint density at radius 1 is 0.964 bits per heavy atom. The van der Waals surface area contributed by atoms with Crippen LogP contribution >= 0.6 is 0 Å². The van der Waals surface area contributed by atoms with E-state index in [1.54, 1.807) is 24.9 Å². The maximum Gasteiger partial charge on any atom is 0.302 e. The molecule has 0 spiro atoms. The van der Waals surface area contributed by atoms with Crippen molar-refractivity contribution in [1.82, 2.24) is 0 Å². The van der Waals surface area contributed by atoms with E-state index in [1.807, 2.05) is 6.92 Å². The molecule has 2 N–H and O–H groups in total. The Bertz CT molecular complexity index is 345. The summed E-state index contributed by atoms with van der Waals surface area (Å²) in [5.74, 6) is -0.438. The minimum atomic E-state index is -0.245.